The first kappa shape index (κ1) is 22.3. The van der Waals surface area contributed by atoms with E-state index in [1.54, 1.807) is 0 Å². The summed E-state index contributed by atoms with van der Waals surface area (Å²) in [4.78, 5) is 23.4. The molecule has 5 rings (SSSR count). The summed E-state index contributed by atoms with van der Waals surface area (Å²) < 4.78 is 6.54. The minimum absolute atomic E-state index is 0.0728. The van der Waals surface area contributed by atoms with Crippen LogP contribution in [0, 0.1) is 17.3 Å². The SMILES string of the molecule is CC1(C(=O)NC[C@H]2[C@H]3CN(CCCCc4ccccc4)C[C@]34CC[C@H]2O4)CC1.O=CO. The van der Waals surface area contributed by atoms with Gasteiger partial charge >= 0.3 is 0 Å². The van der Waals surface area contributed by atoms with Crippen molar-refractivity contribution in [2.75, 3.05) is 26.2 Å². The molecule has 6 nitrogen and oxygen atoms in total. The number of benzene rings is 1. The average molecular weight is 429 g/mol. The van der Waals surface area contributed by atoms with E-state index in [2.05, 4.69) is 47.5 Å². The van der Waals surface area contributed by atoms with Crippen molar-refractivity contribution in [3.63, 3.8) is 0 Å². The van der Waals surface area contributed by atoms with Crippen molar-refractivity contribution >= 4 is 12.4 Å². The molecule has 3 aliphatic heterocycles. The molecule has 6 heteroatoms. The third-order valence-corrected chi connectivity index (χ3v) is 7.93. The first-order valence-electron chi connectivity index (χ1n) is 11.8. The number of ether oxygens (including phenoxy) is 1. The molecule has 3 saturated heterocycles. The van der Waals surface area contributed by atoms with Crippen LogP contribution in [0.25, 0.3) is 0 Å². The van der Waals surface area contributed by atoms with Gasteiger partial charge in [0, 0.05) is 36.9 Å². The average Bonchev–Trinajstić information content (AvgIpc) is 3.12. The van der Waals surface area contributed by atoms with Crippen LogP contribution >= 0.6 is 0 Å². The number of hydrogen-bond donors (Lipinski definition) is 2. The summed E-state index contributed by atoms with van der Waals surface area (Å²) in [6.45, 7) is 6.08. The predicted octanol–water partition coefficient (Wildman–Crippen LogP) is 3.11. The zero-order valence-corrected chi connectivity index (χ0v) is 18.6. The van der Waals surface area contributed by atoms with Gasteiger partial charge in [0.1, 0.15) is 0 Å². The van der Waals surface area contributed by atoms with Gasteiger partial charge in [-0.2, -0.15) is 0 Å². The minimum Gasteiger partial charge on any atom is -0.483 e. The summed E-state index contributed by atoms with van der Waals surface area (Å²) in [5, 5.41) is 10.2. The van der Waals surface area contributed by atoms with E-state index in [0.29, 0.717) is 17.9 Å². The lowest BCUT2D eigenvalue weighted by Crippen LogP contribution is -2.43. The molecule has 1 saturated carbocycles. The van der Waals surface area contributed by atoms with E-state index in [-0.39, 0.29) is 23.4 Å². The Hall–Kier alpha value is -1.92. The summed E-state index contributed by atoms with van der Waals surface area (Å²) in [5.74, 6) is 1.38. The molecule has 2 N–H and O–H groups in total. The summed E-state index contributed by atoms with van der Waals surface area (Å²) in [7, 11) is 0. The number of amides is 1. The molecule has 1 aliphatic carbocycles. The van der Waals surface area contributed by atoms with Crippen LogP contribution in [0.3, 0.4) is 0 Å². The molecule has 1 spiro atoms. The van der Waals surface area contributed by atoms with E-state index in [1.165, 1.54) is 44.2 Å². The lowest BCUT2D eigenvalue weighted by Gasteiger charge is -2.30. The largest absolute Gasteiger partial charge is 0.483 e. The smallest absolute Gasteiger partial charge is 0.290 e. The maximum absolute atomic E-state index is 12.4. The molecule has 31 heavy (non-hydrogen) atoms. The Morgan fingerprint density at radius 3 is 2.71 bits per heavy atom. The summed E-state index contributed by atoms with van der Waals surface area (Å²) in [6, 6.07) is 10.8. The highest BCUT2D eigenvalue weighted by Gasteiger charge is 2.62. The third-order valence-electron chi connectivity index (χ3n) is 7.93. The van der Waals surface area contributed by atoms with Gasteiger partial charge in [0.2, 0.25) is 5.91 Å². The number of hydrogen-bond acceptors (Lipinski definition) is 4. The fourth-order valence-electron chi connectivity index (χ4n) is 5.88. The molecule has 170 valence electrons. The van der Waals surface area contributed by atoms with Crippen LogP contribution in [0.1, 0.15) is 51.0 Å². The van der Waals surface area contributed by atoms with Crippen molar-refractivity contribution in [2.24, 2.45) is 17.3 Å². The monoisotopic (exact) mass is 428 g/mol. The van der Waals surface area contributed by atoms with Gasteiger partial charge in [-0.25, -0.2) is 0 Å². The van der Waals surface area contributed by atoms with Gasteiger partial charge in [-0.1, -0.05) is 37.3 Å². The molecule has 0 aromatic heterocycles. The van der Waals surface area contributed by atoms with Gasteiger partial charge in [-0.3, -0.25) is 9.59 Å². The highest BCUT2D eigenvalue weighted by atomic mass is 16.5. The molecule has 4 aliphatic rings. The Kier molecular flexibility index (Phi) is 6.68. The molecule has 1 amide bonds. The van der Waals surface area contributed by atoms with E-state index in [4.69, 9.17) is 14.6 Å². The maximum Gasteiger partial charge on any atom is 0.290 e. The standard InChI is InChI=1S/C24H34N2O2.CH2O2/c1-23(12-13-23)22(27)25-15-19-20-16-26(17-24(20)11-10-21(19)28-24)14-6-5-9-18-7-3-2-4-8-18;2-1-3/h2-4,7-8,19-21H,5-6,9-17H2,1H3,(H,25,27);1H,(H,2,3)/t19-,20+,21+,24+;/m0./s1. The van der Waals surface area contributed by atoms with Crippen LogP contribution in [0.4, 0.5) is 0 Å². The highest BCUT2D eigenvalue weighted by Crippen LogP contribution is 2.54. The fraction of sp³-hybridized carbons (Fsp3) is 0.680. The Morgan fingerprint density at radius 1 is 1.26 bits per heavy atom. The highest BCUT2D eigenvalue weighted by molar-refractivity contribution is 5.84. The summed E-state index contributed by atoms with van der Waals surface area (Å²) in [5.41, 5.74) is 1.46. The molecular formula is C25H36N2O4. The number of fused-ring (bicyclic) bond motifs is 1. The van der Waals surface area contributed by atoms with Crippen LogP contribution < -0.4 is 5.32 Å². The van der Waals surface area contributed by atoms with Gasteiger partial charge < -0.3 is 20.1 Å². The number of carbonyl (C=O) groups is 2. The van der Waals surface area contributed by atoms with Gasteiger partial charge in [-0.05, 0) is 57.1 Å². The summed E-state index contributed by atoms with van der Waals surface area (Å²) in [6.07, 6.45) is 8.54. The van der Waals surface area contributed by atoms with E-state index in [1.807, 2.05) is 0 Å². The summed E-state index contributed by atoms with van der Waals surface area (Å²) >= 11 is 0. The van der Waals surface area contributed by atoms with Crippen molar-refractivity contribution < 1.29 is 19.4 Å². The molecule has 1 aromatic rings. The van der Waals surface area contributed by atoms with Crippen molar-refractivity contribution in [1.29, 1.82) is 0 Å². The van der Waals surface area contributed by atoms with E-state index < -0.39 is 0 Å². The zero-order valence-electron chi connectivity index (χ0n) is 18.6. The Bertz CT molecular complexity index is 766. The normalized spacial score (nSPS) is 32.1. The number of nitrogens with one attached hydrogen (secondary N) is 1. The number of rotatable bonds is 8. The molecule has 0 unspecified atom stereocenters. The van der Waals surface area contributed by atoms with Crippen molar-refractivity contribution in [3.05, 3.63) is 35.9 Å². The van der Waals surface area contributed by atoms with Crippen LogP contribution in [0.2, 0.25) is 0 Å². The molecule has 0 radical (unpaired) electrons. The first-order chi connectivity index (χ1) is 15.0. The number of aryl methyl sites for hydroxylation is 1. The first-order valence-corrected chi connectivity index (χ1v) is 11.8. The van der Waals surface area contributed by atoms with E-state index >= 15 is 0 Å². The third kappa shape index (κ3) is 4.80. The maximum atomic E-state index is 12.4. The van der Waals surface area contributed by atoms with E-state index in [0.717, 1.165) is 32.5 Å². The van der Waals surface area contributed by atoms with Crippen LogP contribution in [0.15, 0.2) is 30.3 Å². The van der Waals surface area contributed by atoms with E-state index in [9.17, 15) is 4.79 Å². The fourth-order valence-corrected chi connectivity index (χ4v) is 5.88. The number of carboxylic acid groups (broad SMARTS) is 1. The number of unbranched alkanes of at least 4 members (excludes halogenated alkanes) is 1. The number of likely N-dealkylation sites (tertiary alicyclic amines) is 1. The van der Waals surface area contributed by atoms with Crippen LogP contribution in [0.5, 0.6) is 0 Å². The zero-order chi connectivity index (χ0) is 21.9. The quantitative estimate of drug-likeness (QED) is 0.491. The molecule has 1 aromatic carbocycles. The molecule has 4 atom stereocenters. The Morgan fingerprint density at radius 2 is 2.00 bits per heavy atom. The number of carbonyl (C=O) groups excluding carboxylic acids is 1. The van der Waals surface area contributed by atoms with Gasteiger partial charge in [0.25, 0.3) is 6.47 Å². The molecule has 4 fully saturated rings. The van der Waals surface area contributed by atoms with Gasteiger partial charge in [0.05, 0.1) is 11.7 Å². The second kappa shape index (κ2) is 9.29. The van der Waals surface area contributed by atoms with Crippen LogP contribution in [-0.4, -0.2) is 60.3 Å². The Balaban J connectivity index is 0.000000730. The molecule has 3 heterocycles. The second-order valence-corrected chi connectivity index (χ2v) is 10.1. The Labute approximate surface area is 185 Å². The second-order valence-electron chi connectivity index (χ2n) is 10.1. The van der Waals surface area contributed by atoms with Crippen molar-refractivity contribution in [1.82, 2.24) is 10.2 Å². The number of nitrogens with zero attached hydrogens (tertiary/aromatic N) is 1. The molecular weight excluding hydrogens is 392 g/mol. The minimum atomic E-state index is -0.250. The van der Waals surface area contributed by atoms with Gasteiger partial charge in [0.15, 0.2) is 0 Å². The van der Waals surface area contributed by atoms with Gasteiger partial charge in [-0.15, -0.1) is 0 Å². The lowest BCUT2D eigenvalue weighted by molar-refractivity contribution is -0.126. The lowest BCUT2D eigenvalue weighted by atomic mass is 9.73. The van der Waals surface area contributed by atoms with Crippen molar-refractivity contribution in [2.45, 2.75) is 63.6 Å². The molecule has 2 bridgehead atoms. The van der Waals surface area contributed by atoms with Crippen LogP contribution in [-0.2, 0) is 20.7 Å². The topological polar surface area (TPSA) is 78.9 Å². The van der Waals surface area contributed by atoms with Crippen molar-refractivity contribution in [3.8, 4) is 0 Å². The predicted molar refractivity (Wildman–Crippen MR) is 119 cm³/mol.